The number of piperidine rings is 1. The van der Waals surface area contributed by atoms with Crippen LogP contribution in [-0.4, -0.2) is 59.1 Å². The summed E-state index contributed by atoms with van der Waals surface area (Å²) in [7, 11) is 0. The maximum Gasteiger partial charge on any atom is 0.246 e. The van der Waals surface area contributed by atoms with Gasteiger partial charge in [-0.1, -0.05) is 5.57 Å². The Labute approximate surface area is 137 Å². The lowest BCUT2D eigenvalue weighted by atomic mass is 9.98. The van der Waals surface area contributed by atoms with E-state index in [1.165, 1.54) is 5.56 Å². The number of likely N-dealkylation sites (tertiary alicyclic amines) is 1. The molecule has 0 unspecified atom stereocenters. The van der Waals surface area contributed by atoms with E-state index in [-0.39, 0.29) is 18.1 Å². The number of aromatic nitrogens is 1. The van der Waals surface area contributed by atoms with E-state index in [0.29, 0.717) is 0 Å². The minimum Gasteiger partial charge on any atom is -0.375 e. The molecule has 2 aliphatic heterocycles. The average molecular weight is 315 g/mol. The summed E-state index contributed by atoms with van der Waals surface area (Å²) in [5.41, 5.74) is 2.30. The highest BCUT2D eigenvalue weighted by atomic mass is 16.5. The van der Waals surface area contributed by atoms with Crippen LogP contribution in [0.25, 0.3) is 0 Å². The Morgan fingerprint density at radius 1 is 1.35 bits per heavy atom. The van der Waals surface area contributed by atoms with E-state index in [2.05, 4.69) is 22.0 Å². The molecule has 2 aliphatic rings. The van der Waals surface area contributed by atoms with Gasteiger partial charge in [0.25, 0.3) is 0 Å². The number of ether oxygens (including phenoxy) is 1. The summed E-state index contributed by atoms with van der Waals surface area (Å²) in [5.74, 6) is 0.123. The van der Waals surface area contributed by atoms with Crippen molar-refractivity contribution < 1.29 is 9.53 Å². The summed E-state index contributed by atoms with van der Waals surface area (Å²) in [6, 6.07) is 4.39. The molecule has 0 spiro atoms. The first-order valence-electron chi connectivity index (χ1n) is 8.32. The first-order valence-corrected chi connectivity index (χ1v) is 8.32. The second kappa shape index (κ2) is 7.23. The van der Waals surface area contributed by atoms with Gasteiger partial charge < -0.3 is 9.64 Å². The molecule has 5 nitrogen and oxygen atoms in total. The predicted octanol–water partition coefficient (Wildman–Crippen LogP) is 1.85. The van der Waals surface area contributed by atoms with Gasteiger partial charge in [-0.25, -0.2) is 0 Å². The molecule has 2 fully saturated rings. The van der Waals surface area contributed by atoms with Gasteiger partial charge in [-0.05, 0) is 38.0 Å². The number of carbonyl (C=O) groups excluding carboxylic acids is 1. The van der Waals surface area contributed by atoms with Gasteiger partial charge in [0, 0.05) is 44.6 Å². The summed E-state index contributed by atoms with van der Waals surface area (Å²) < 4.78 is 5.95. The lowest BCUT2D eigenvalue weighted by Gasteiger charge is -2.47. The maximum absolute atomic E-state index is 12.3. The van der Waals surface area contributed by atoms with Crippen molar-refractivity contribution in [1.29, 1.82) is 0 Å². The van der Waals surface area contributed by atoms with Crippen LogP contribution in [0.15, 0.2) is 36.2 Å². The van der Waals surface area contributed by atoms with Gasteiger partial charge in [0.1, 0.15) is 0 Å². The van der Waals surface area contributed by atoms with E-state index in [1.54, 1.807) is 6.08 Å². The van der Waals surface area contributed by atoms with E-state index >= 15 is 0 Å². The number of morpholine rings is 1. The van der Waals surface area contributed by atoms with Crippen molar-refractivity contribution in [3.8, 4) is 0 Å². The van der Waals surface area contributed by atoms with Crippen LogP contribution in [0.1, 0.15) is 25.8 Å². The Hall–Kier alpha value is -1.72. The minimum atomic E-state index is 0.123. The third-order valence-electron chi connectivity index (χ3n) is 4.56. The zero-order valence-electron chi connectivity index (χ0n) is 13.9. The van der Waals surface area contributed by atoms with Crippen LogP contribution in [-0.2, 0) is 16.1 Å². The normalized spacial score (nSPS) is 24.9. The van der Waals surface area contributed by atoms with E-state index in [0.717, 1.165) is 44.8 Å². The van der Waals surface area contributed by atoms with Crippen molar-refractivity contribution in [3.05, 3.63) is 41.7 Å². The highest BCUT2D eigenvalue weighted by molar-refractivity contribution is 5.88. The number of rotatable bonds is 3. The SMILES string of the molecule is CC(C)=CC(=O)N1CC[C@@H]2OCCN(Cc3ccncc3)[C@H]2C1. The molecule has 2 atom stereocenters. The lowest BCUT2D eigenvalue weighted by Crippen LogP contribution is -2.60. The lowest BCUT2D eigenvalue weighted by molar-refractivity contribution is -0.138. The molecule has 1 amide bonds. The topological polar surface area (TPSA) is 45.7 Å². The second-order valence-electron chi connectivity index (χ2n) is 6.60. The molecule has 1 aromatic heterocycles. The zero-order chi connectivity index (χ0) is 16.2. The number of carbonyl (C=O) groups is 1. The fourth-order valence-corrected chi connectivity index (χ4v) is 3.40. The number of hydrogen-bond acceptors (Lipinski definition) is 4. The van der Waals surface area contributed by atoms with Gasteiger partial charge >= 0.3 is 0 Å². The first-order chi connectivity index (χ1) is 11.1. The molecule has 0 saturated carbocycles. The van der Waals surface area contributed by atoms with Crippen LogP contribution in [0.3, 0.4) is 0 Å². The van der Waals surface area contributed by atoms with Gasteiger partial charge in [0.15, 0.2) is 0 Å². The summed E-state index contributed by atoms with van der Waals surface area (Å²) in [5, 5.41) is 0. The predicted molar refractivity (Wildman–Crippen MR) is 88.8 cm³/mol. The summed E-state index contributed by atoms with van der Waals surface area (Å²) in [4.78, 5) is 20.8. The molecular formula is C18H25N3O2. The molecule has 3 rings (SSSR count). The zero-order valence-corrected chi connectivity index (χ0v) is 13.9. The van der Waals surface area contributed by atoms with Gasteiger partial charge in [-0.2, -0.15) is 0 Å². The highest BCUT2D eigenvalue weighted by Gasteiger charge is 2.37. The monoisotopic (exact) mass is 315 g/mol. The van der Waals surface area contributed by atoms with Gasteiger partial charge in [0.2, 0.25) is 5.91 Å². The van der Waals surface area contributed by atoms with Crippen LogP contribution in [0.4, 0.5) is 0 Å². The molecular weight excluding hydrogens is 290 g/mol. The average Bonchev–Trinajstić information content (AvgIpc) is 2.55. The van der Waals surface area contributed by atoms with Crippen molar-refractivity contribution in [2.24, 2.45) is 0 Å². The van der Waals surface area contributed by atoms with Gasteiger partial charge in [0.05, 0.1) is 18.8 Å². The van der Waals surface area contributed by atoms with Crippen molar-refractivity contribution in [1.82, 2.24) is 14.8 Å². The summed E-state index contributed by atoms with van der Waals surface area (Å²) in [6.07, 6.45) is 6.55. The van der Waals surface area contributed by atoms with Crippen molar-refractivity contribution in [3.63, 3.8) is 0 Å². The molecule has 0 N–H and O–H groups in total. The standard InChI is InChI=1S/C18H25N3O2/c1-14(2)11-18(22)21-8-5-17-16(13-21)20(9-10-23-17)12-15-3-6-19-7-4-15/h3-4,6-7,11,16-17H,5,8-10,12-13H2,1-2H3/t16-,17-/m0/s1. The van der Waals surface area contributed by atoms with Crippen LogP contribution in [0.2, 0.25) is 0 Å². The van der Waals surface area contributed by atoms with Crippen LogP contribution < -0.4 is 0 Å². The Kier molecular flexibility index (Phi) is 5.08. The van der Waals surface area contributed by atoms with Crippen molar-refractivity contribution >= 4 is 5.91 Å². The van der Waals surface area contributed by atoms with Crippen LogP contribution in [0.5, 0.6) is 0 Å². The third-order valence-corrected chi connectivity index (χ3v) is 4.56. The Bertz CT molecular complexity index is 569. The number of pyridine rings is 1. The largest absolute Gasteiger partial charge is 0.375 e. The Balaban J connectivity index is 1.70. The Morgan fingerprint density at radius 2 is 2.13 bits per heavy atom. The molecule has 124 valence electrons. The number of nitrogens with zero attached hydrogens (tertiary/aromatic N) is 3. The number of amides is 1. The molecule has 0 aliphatic carbocycles. The molecule has 0 aromatic carbocycles. The number of allylic oxidation sites excluding steroid dienone is 1. The number of hydrogen-bond donors (Lipinski definition) is 0. The van der Waals surface area contributed by atoms with E-state index in [9.17, 15) is 4.79 Å². The fraction of sp³-hybridized carbons (Fsp3) is 0.556. The molecule has 1 aromatic rings. The smallest absolute Gasteiger partial charge is 0.246 e. The first kappa shape index (κ1) is 16.1. The quantitative estimate of drug-likeness (QED) is 0.799. The minimum absolute atomic E-state index is 0.123. The summed E-state index contributed by atoms with van der Waals surface area (Å²) in [6.45, 7) is 8.03. The van der Waals surface area contributed by atoms with Crippen molar-refractivity contribution in [2.75, 3.05) is 26.2 Å². The number of fused-ring (bicyclic) bond motifs is 1. The van der Waals surface area contributed by atoms with E-state index in [4.69, 9.17) is 4.74 Å². The van der Waals surface area contributed by atoms with Crippen molar-refractivity contribution in [2.45, 2.75) is 39.0 Å². The van der Waals surface area contributed by atoms with Crippen LogP contribution in [0, 0.1) is 0 Å². The molecule has 0 radical (unpaired) electrons. The fourth-order valence-electron chi connectivity index (χ4n) is 3.40. The van der Waals surface area contributed by atoms with Gasteiger partial charge in [-0.15, -0.1) is 0 Å². The third kappa shape index (κ3) is 3.98. The van der Waals surface area contributed by atoms with E-state index in [1.807, 2.05) is 31.1 Å². The second-order valence-corrected chi connectivity index (χ2v) is 6.60. The molecule has 3 heterocycles. The summed E-state index contributed by atoms with van der Waals surface area (Å²) >= 11 is 0. The van der Waals surface area contributed by atoms with E-state index < -0.39 is 0 Å². The highest BCUT2D eigenvalue weighted by Crippen LogP contribution is 2.25. The molecule has 2 saturated heterocycles. The maximum atomic E-state index is 12.3. The molecule has 23 heavy (non-hydrogen) atoms. The Morgan fingerprint density at radius 3 is 2.87 bits per heavy atom. The van der Waals surface area contributed by atoms with Gasteiger partial charge in [-0.3, -0.25) is 14.7 Å². The van der Waals surface area contributed by atoms with Crippen LogP contribution >= 0.6 is 0 Å². The molecule has 0 bridgehead atoms. The molecule has 5 heteroatoms.